The maximum absolute atomic E-state index is 14.2. The van der Waals surface area contributed by atoms with Gasteiger partial charge in [-0.25, -0.2) is 4.90 Å². The predicted octanol–water partition coefficient (Wildman–Crippen LogP) is 3.49. The molecule has 6 rings (SSSR count). The van der Waals surface area contributed by atoms with Crippen LogP contribution in [-0.4, -0.2) is 51.3 Å². The fourth-order valence-electron chi connectivity index (χ4n) is 7.56. The first-order chi connectivity index (χ1) is 19.1. The van der Waals surface area contributed by atoms with Crippen LogP contribution >= 0.6 is 0 Å². The Morgan fingerprint density at radius 1 is 0.950 bits per heavy atom. The number of imide groups is 2. The number of phenols is 1. The molecule has 40 heavy (non-hydrogen) atoms. The molecule has 0 aromatic heterocycles. The number of hydrogen-bond acceptors (Lipinski definition) is 6. The van der Waals surface area contributed by atoms with Gasteiger partial charge in [0.05, 0.1) is 28.9 Å². The van der Waals surface area contributed by atoms with E-state index in [1.807, 2.05) is 19.1 Å². The number of aromatic hydroxyl groups is 1. The summed E-state index contributed by atoms with van der Waals surface area (Å²) in [6.45, 7) is 1.86. The second-order valence-electron chi connectivity index (χ2n) is 11.4. The number of nitrogens with zero attached hydrogens (tertiary/aromatic N) is 2. The summed E-state index contributed by atoms with van der Waals surface area (Å²) in [4.78, 5) is 68.7. The Bertz CT molecular complexity index is 1450. The Morgan fingerprint density at radius 3 is 2.33 bits per heavy atom. The summed E-state index contributed by atoms with van der Waals surface area (Å²) >= 11 is 0. The minimum Gasteiger partial charge on any atom is -0.508 e. The van der Waals surface area contributed by atoms with Crippen molar-refractivity contribution in [1.82, 2.24) is 4.90 Å². The Hall–Kier alpha value is -4.27. The van der Waals surface area contributed by atoms with Crippen molar-refractivity contribution in [2.24, 2.45) is 29.1 Å². The van der Waals surface area contributed by atoms with Crippen LogP contribution in [0.3, 0.4) is 0 Å². The number of allylic oxidation sites excluding steroid dienone is 2. The fraction of sp³-hybridized carbons (Fsp3) is 0.387. The van der Waals surface area contributed by atoms with E-state index in [0.29, 0.717) is 12.1 Å². The van der Waals surface area contributed by atoms with Gasteiger partial charge in [0.15, 0.2) is 0 Å². The molecule has 206 valence electrons. The molecule has 4 aliphatic rings. The first-order valence-electron chi connectivity index (χ1n) is 13.6. The molecule has 4 amide bonds. The number of hydrogen-bond donors (Lipinski definition) is 2. The van der Waals surface area contributed by atoms with E-state index in [-0.39, 0.29) is 55.2 Å². The van der Waals surface area contributed by atoms with E-state index in [1.54, 1.807) is 48.5 Å². The predicted molar refractivity (Wildman–Crippen MR) is 143 cm³/mol. The van der Waals surface area contributed by atoms with Crippen LogP contribution in [0.25, 0.3) is 0 Å². The Labute approximate surface area is 231 Å². The van der Waals surface area contributed by atoms with Crippen molar-refractivity contribution in [3.63, 3.8) is 0 Å². The van der Waals surface area contributed by atoms with Crippen molar-refractivity contribution in [3.05, 3.63) is 71.8 Å². The van der Waals surface area contributed by atoms with Gasteiger partial charge in [0.2, 0.25) is 23.6 Å². The molecule has 6 atom stereocenters. The molecule has 1 saturated carbocycles. The van der Waals surface area contributed by atoms with E-state index in [9.17, 15) is 29.1 Å². The van der Waals surface area contributed by atoms with Crippen LogP contribution in [0.15, 0.2) is 66.2 Å². The molecular weight excluding hydrogens is 512 g/mol. The van der Waals surface area contributed by atoms with E-state index in [0.717, 1.165) is 11.1 Å². The Morgan fingerprint density at radius 2 is 1.65 bits per heavy atom. The van der Waals surface area contributed by atoms with E-state index < -0.39 is 41.0 Å². The highest BCUT2D eigenvalue weighted by Crippen LogP contribution is 2.63. The van der Waals surface area contributed by atoms with E-state index in [1.165, 1.54) is 9.80 Å². The fourth-order valence-corrected chi connectivity index (χ4v) is 7.56. The Balaban J connectivity index is 1.43. The largest absolute Gasteiger partial charge is 0.508 e. The van der Waals surface area contributed by atoms with Gasteiger partial charge < -0.3 is 10.2 Å². The molecule has 2 aromatic rings. The van der Waals surface area contributed by atoms with Gasteiger partial charge in [-0.2, -0.15) is 0 Å². The highest BCUT2D eigenvalue weighted by Gasteiger charge is 2.67. The van der Waals surface area contributed by atoms with Gasteiger partial charge in [-0.3, -0.25) is 28.9 Å². The lowest BCUT2D eigenvalue weighted by Gasteiger charge is -2.49. The number of para-hydroxylation sites is 1. The lowest BCUT2D eigenvalue weighted by Crippen LogP contribution is -2.48. The molecule has 3 fully saturated rings. The van der Waals surface area contributed by atoms with E-state index in [4.69, 9.17) is 5.11 Å². The van der Waals surface area contributed by atoms with Crippen molar-refractivity contribution in [2.75, 3.05) is 11.4 Å². The molecule has 9 heteroatoms. The highest BCUT2D eigenvalue weighted by atomic mass is 16.4. The number of carboxylic acid groups (broad SMARTS) is 1. The first-order valence-corrected chi connectivity index (χ1v) is 13.6. The van der Waals surface area contributed by atoms with Gasteiger partial charge in [0.25, 0.3) is 0 Å². The average molecular weight is 543 g/mol. The first kappa shape index (κ1) is 26.0. The van der Waals surface area contributed by atoms with Crippen molar-refractivity contribution in [2.45, 2.75) is 38.5 Å². The van der Waals surface area contributed by atoms with Crippen molar-refractivity contribution >= 4 is 35.3 Å². The van der Waals surface area contributed by atoms with Crippen LogP contribution in [0.4, 0.5) is 5.69 Å². The number of fused-ring (bicyclic) bond motifs is 4. The summed E-state index contributed by atoms with van der Waals surface area (Å²) < 4.78 is 0. The molecule has 2 aromatic carbocycles. The molecule has 2 heterocycles. The third kappa shape index (κ3) is 3.71. The number of anilines is 1. The smallest absolute Gasteiger partial charge is 0.303 e. The molecule has 9 nitrogen and oxygen atoms in total. The summed E-state index contributed by atoms with van der Waals surface area (Å²) in [5.74, 6) is -5.11. The van der Waals surface area contributed by atoms with Crippen LogP contribution in [-0.2, 0) is 24.0 Å². The zero-order valence-corrected chi connectivity index (χ0v) is 22.0. The molecule has 2 N–H and O–H groups in total. The zero-order valence-electron chi connectivity index (χ0n) is 22.0. The van der Waals surface area contributed by atoms with Crippen LogP contribution in [0, 0.1) is 29.1 Å². The second-order valence-corrected chi connectivity index (χ2v) is 11.4. The number of aliphatic carboxylic acids is 1. The maximum Gasteiger partial charge on any atom is 0.303 e. The van der Waals surface area contributed by atoms with Crippen LogP contribution < -0.4 is 4.90 Å². The molecular formula is C31H30N2O7. The molecule has 2 saturated heterocycles. The highest BCUT2D eigenvalue weighted by molar-refractivity contribution is 6.24. The Kier molecular flexibility index (Phi) is 6.12. The quantitative estimate of drug-likeness (QED) is 0.422. The SMILES string of the molecule is CC12C(=O)N(c3ccccc3)C(=O)C1CC1C(=CCC3C(=O)N(CCCC(=O)O)C(=O)C31)C2c1ccc(O)cc1. The van der Waals surface area contributed by atoms with Gasteiger partial charge >= 0.3 is 5.97 Å². The molecule has 0 radical (unpaired) electrons. The number of phenolic OH excluding ortho intramolecular Hbond substituents is 1. The molecule has 0 bridgehead atoms. The number of rotatable bonds is 6. The van der Waals surface area contributed by atoms with Crippen LogP contribution in [0.2, 0.25) is 0 Å². The van der Waals surface area contributed by atoms with Crippen LogP contribution in [0.1, 0.15) is 44.1 Å². The molecule has 6 unspecified atom stereocenters. The molecule has 2 aliphatic carbocycles. The lowest BCUT2D eigenvalue weighted by atomic mass is 9.51. The standard InChI is InChI=1S/C31H30N2O7/c1-31-23(28(38)33(30(31)40)18-6-3-2-4-7-18)16-22-20(26(31)17-9-11-19(34)12-10-17)13-14-21-25(22)29(39)32(27(21)37)15-5-8-24(35)36/h2-4,6-7,9-13,21-23,25-26,34H,5,8,14-16H2,1H3,(H,35,36). The number of carbonyl (C=O) groups excluding carboxylic acids is 4. The summed E-state index contributed by atoms with van der Waals surface area (Å²) in [6, 6.07) is 15.4. The number of benzene rings is 2. The molecule has 2 aliphatic heterocycles. The zero-order chi connectivity index (χ0) is 28.3. The third-order valence-electron chi connectivity index (χ3n) is 9.38. The monoisotopic (exact) mass is 542 g/mol. The summed E-state index contributed by atoms with van der Waals surface area (Å²) in [6.07, 6.45) is 2.59. The number of amides is 4. The number of carbonyl (C=O) groups is 5. The molecule has 0 spiro atoms. The topological polar surface area (TPSA) is 132 Å². The number of likely N-dealkylation sites (tertiary alicyclic amines) is 1. The van der Waals surface area contributed by atoms with Crippen molar-refractivity contribution in [3.8, 4) is 5.75 Å². The van der Waals surface area contributed by atoms with Crippen molar-refractivity contribution < 1.29 is 34.2 Å². The summed E-state index contributed by atoms with van der Waals surface area (Å²) in [5, 5.41) is 19.0. The minimum atomic E-state index is -1.13. The number of carboxylic acids is 1. The normalized spacial score (nSPS) is 31.1. The maximum atomic E-state index is 14.2. The minimum absolute atomic E-state index is 0.0424. The van der Waals surface area contributed by atoms with E-state index in [2.05, 4.69) is 0 Å². The summed E-state index contributed by atoms with van der Waals surface area (Å²) in [7, 11) is 0. The van der Waals surface area contributed by atoms with Gasteiger partial charge in [0.1, 0.15) is 5.75 Å². The van der Waals surface area contributed by atoms with Gasteiger partial charge in [-0.05, 0) is 61.9 Å². The van der Waals surface area contributed by atoms with Crippen molar-refractivity contribution in [1.29, 1.82) is 0 Å². The van der Waals surface area contributed by atoms with E-state index >= 15 is 0 Å². The van der Waals surface area contributed by atoms with Crippen LogP contribution in [0.5, 0.6) is 5.75 Å². The average Bonchev–Trinajstić information content (AvgIpc) is 3.29. The lowest BCUT2D eigenvalue weighted by molar-refractivity contribution is -0.142. The van der Waals surface area contributed by atoms with Gasteiger partial charge in [-0.1, -0.05) is 42.0 Å². The van der Waals surface area contributed by atoms with Gasteiger partial charge in [0, 0.05) is 18.9 Å². The second kappa shape index (κ2) is 9.43. The van der Waals surface area contributed by atoms with Gasteiger partial charge in [-0.15, -0.1) is 0 Å². The summed E-state index contributed by atoms with van der Waals surface area (Å²) in [5.41, 5.74) is 0.983. The third-order valence-corrected chi connectivity index (χ3v) is 9.38.